The number of hydrogen-bond donors (Lipinski definition) is 0. The van der Waals surface area contributed by atoms with E-state index >= 15 is 0 Å². The van der Waals surface area contributed by atoms with E-state index in [9.17, 15) is 4.39 Å². The van der Waals surface area contributed by atoms with E-state index in [0.717, 1.165) is 0 Å². The second kappa shape index (κ2) is 4.65. The van der Waals surface area contributed by atoms with Crippen LogP contribution in [0.4, 0.5) is 4.39 Å². The molecule has 1 heterocycles. The first-order chi connectivity index (χ1) is 8.68. The molecule has 0 saturated carbocycles. The van der Waals surface area contributed by atoms with E-state index in [2.05, 4.69) is 0 Å². The molecule has 0 N–H and O–H groups in total. The Hall–Kier alpha value is -0.775. The first kappa shape index (κ1) is 14.6. The molecule has 19 heavy (non-hydrogen) atoms. The maximum Gasteiger partial charge on any atom is 0.495 e. The van der Waals surface area contributed by atoms with Gasteiger partial charge in [-0.25, -0.2) is 4.39 Å². The molecule has 0 aromatic heterocycles. The molecule has 0 amide bonds. The molecule has 0 atom stereocenters. The molecular weight excluding hydrogens is 269 g/mol. The summed E-state index contributed by atoms with van der Waals surface area (Å²) in [6.07, 6.45) is 0. The Kier molecular flexibility index (Phi) is 3.58. The van der Waals surface area contributed by atoms with E-state index in [1.54, 1.807) is 6.07 Å². The molecule has 0 aliphatic carbocycles. The van der Waals surface area contributed by atoms with E-state index in [-0.39, 0.29) is 10.8 Å². The smallest absolute Gasteiger partial charge is 0.494 e. The van der Waals surface area contributed by atoms with Crippen molar-refractivity contribution in [2.24, 2.45) is 0 Å². The lowest BCUT2D eigenvalue weighted by molar-refractivity contribution is 0.00578. The molecule has 0 radical (unpaired) electrons. The van der Waals surface area contributed by atoms with Gasteiger partial charge in [0.2, 0.25) is 0 Å². The number of rotatable bonds is 2. The molecule has 0 unspecified atom stereocenters. The van der Waals surface area contributed by atoms with Gasteiger partial charge in [0.05, 0.1) is 23.3 Å². The summed E-state index contributed by atoms with van der Waals surface area (Å²) >= 11 is 5.85. The minimum absolute atomic E-state index is 0.0101. The summed E-state index contributed by atoms with van der Waals surface area (Å²) in [7, 11) is 0.806. The van der Waals surface area contributed by atoms with Gasteiger partial charge in [0.1, 0.15) is 0 Å². The summed E-state index contributed by atoms with van der Waals surface area (Å²) in [5.41, 5.74) is -0.265. The lowest BCUT2D eigenvalue weighted by atomic mass is 9.79. The molecule has 1 fully saturated rings. The average Bonchev–Trinajstić information content (AvgIpc) is 2.52. The van der Waals surface area contributed by atoms with Crippen LogP contribution in [0.3, 0.4) is 0 Å². The Balaban J connectivity index is 2.37. The van der Waals surface area contributed by atoms with E-state index < -0.39 is 24.1 Å². The van der Waals surface area contributed by atoms with Gasteiger partial charge in [-0.3, -0.25) is 0 Å². The van der Waals surface area contributed by atoms with Crippen molar-refractivity contribution in [1.29, 1.82) is 0 Å². The van der Waals surface area contributed by atoms with Gasteiger partial charge in [0, 0.05) is 0 Å². The summed E-state index contributed by atoms with van der Waals surface area (Å²) in [6.45, 7) is 7.81. The summed E-state index contributed by atoms with van der Waals surface area (Å²) in [6, 6.07) is 3.05. The zero-order valence-corrected chi connectivity index (χ0v) is 12.5. The Morgan fingerprint density at radius 3 is 2.16 bits per heavy atom. The van der Waals surface area contributed by atoms with Gasteiger partial charge in [-0.15, -0.1) is 0 Å². The predicted octanol–water partition coefficient (Wildman–Crippen LogP) is 2.79. The van der Waals surface area contributed by atoms with Crippen molar-refractivity contribution in [2.75, 3.05) is 7.11 Å². The summed E-state index contributed by atoms with van der Waals surface area (Å²) in [5.74, 6) is -0.498. The van der Waals surface area contributed by atoms with Gasteiger partial charge in [-0.1, -0.05) is 11.6 Å². The normalized spacial score (nSPS) is 20.7. The predicted molar refractivity (Wildman–Crippen MR) is 73.7 cm³/mol. The van der Waals surface area contributed by atoms with E-state index in [0.29, 0.717) is 5.46 Å². The molecule has 1 saturated heterocycles. The van der Waals surface area contributed by atoms with Gasteiger partial charge < -0.3 is 14.0 Å². The van der Waals surface area contributed by atoms with Crippen molar-refractivity contribution in [2.45, 2.75) is 38.9 Å². The fraction of sp³-hybridized carbons (Fsp3) is 0.538. The van der Waals surface area contributed by atoms with Crippen LogP contribution in [0, 0.1) is 5.82 Å². The summed E-state index contributed by atoms with van der Waals surface area (Å²) in [5, 5.41) is -0.0101. The van der Waals surface area contributed by atoms with Crippen molar-refractivity contribution in [3.05, 3.63) is 23.0 Å². The zero-order valence-electron chi connectivity index (χ0n) is 11.7. The topological polar surface area (TPSA) is 27.7 Å². The Morgan fingerprint density at radius 1 is 1.16 bits per heavy atom. The number of benzene rings is 1. The number of methoxy groups -OCH3 is 1. The van der Waals surface area contributed by atoms with Crippen LogP contribution >= 0.6 is 11.6 Å². The zero-order chi connectivity index (χ0) is 14.4. The molecular formula is C13H17BClFO3. The quantitative estimate of drug-likeness (QED) is 0.783. The molecule has 0 spiro atoms. The Morgan fingerprint density at radius 2 is 1.68 bits per heavy atom. The first-order valence-corrected chi connectivity index (χ1v) is 6.44. The highest BCUT2D eigenvalue weighted by Gasteiger charge is 2.51. The van der Waals surface area contributed by atoms with Gasteiger partial charge in [0.25, 0.3) is 0 Å². The van der Waals surface area contributed by atoms with Gasteiger partial charge in [0.15, 0.2) is 11.6 Å². The summed E-state index contributed by atoms with van der Waals surface area (Å²) in [4.78, 5) is 0. The molecule has 1 aromatic rings. The van der Waals surface area contributed by atoms with Crippen LogP contribution in [-0.2, 0) is 9.31 Å². The van der Waals surface area contributed by atoms with Crippen LogP contribution in [0.15, 0.2) is 12.1 Å². The standard InChI is InChI=1S/C13H17BClFO3/c1-12(2)13(3,4)19-14(18-12)8-6-9(15)11(16)10(7-8)17-5/h6-7H,1-5H3. The van der Waals surface area contributed by atoms with Crippen molar-refractivity contribution < 1.29 is 18.4 Å². The average molecular weight is 287 g/mol. The first-order valence-electron chi connectivity index (χ1n) is 6.06. The molecule has 104 valence electrons. The van der Waals surface area contributed by atoms with Crippen molar-refractivity contribution in [3.8, 4) is 5.75 Å². The van der Waals surface area contributed by atoms with Crippen LogP contribution in [0.2, 0.25) is 5.02 Å². The lowest BCUT2D eigenvalue weighted by Crippen LogP contribution is -2.41. The highest BCUT2D eigenvalue weighted by Crippen LogP contribution is 2.37. The fourth-order valence-electron chi connectivity index (χ4n) is 1.85. The van der Waals surface area contributed by atoms with E-state index in [1.807, 2.05) is 27.7 Å². The molecule has 6 heteroatoms. The highest BCUT2D eigenvalue weighted by molar-refractivity contribution is 6.62. The van der Waals surface area contributed by atoms with Gasteiger partial charge in [-0.05, 0) is 45.3 Å². The molecule has 3 nitrogen and oxygen atoms in total. The SMILES string of the molecule is COc1cc(B2OC(C)(C)C(C)(C)O2)cc(Cl)c1F. The van der Waals surface area contributed by atoms with Crippen LogP contribution in [0.25, 0.3) is 0 Å². The molecule has 0 bridgehead atoms. The number of halogens is 2. The molecule has 1 aliphatic rings. The lowest BCUT2D eigenvalue weighted by Gasteiger charge is -2.32. The minimum atomic E-state index is -0.586. The van der Waals surface area contributed by atoms with Crippen molar-refractivity contribution in [3.63, 3.8) is 0 Å². The van der Waals surface area contributed by atoms with Gasteiger partial charge in [-0.2, -0.15) is 0 Å². The maximum absolute atomic E-state index is 13.6. The van der Waals surface area contributed by atoms with Crippen LogP contribution in [0.5, 0.6) is 5.75 Å². The molecule has 1 aromatic carbocycles. The fourth-order valence-corrected chi connectivity index (χ4v) is 2.07. The number of ether oxygens (including phenoxy) is 1. The number of hydrogen-bond acceptors (Lipinski definition) is 3. The largest absolute Gasteiger partial charge is 0.495 e. The third-order valence-corrected chi connectivity index (χ3v) is 4.04. The minimum Gasteiger partial charge on any atom is -0.494 e. The summed E-state index contributed by atoms with van der Waals surface area (Å²) < 4.78 is 30.4. The molecule has 1 aliphatic heterocycles. The Labute approximate surface area is 118 Å². The third kappa shape index (κ3) is 2.47. The highest BCUT2D eigenvalue weighted by atomic mass is 35.5. The van der Waals surface area contributed by atoms with Crippen molar-refractivity contribution >= 4 is 24.2 Å². The second-order valence-electron chi connectivity index (χ2n) is 5.61. The van der Waals surface area contributed by atoms with E-state index in [1.165, 1.54) is 13.2 Å². The van der Waals surface area contributed by atoms with E-state index in [4.69, 9.17) is 25.6 Å². The van der Waals surface area contributed by atoms with Crippen LogP contribution in [0.1, 0.15) is 27.7 Å². The van der Waals surface area contributed by atoms with Gasteiger partial charge >= 0.3 is 7.12 Å². The molecule has 2 rings (SSSR count). The monoisotopic (exact) mass is 286 g/mol. The van der Waals surface area contributed by atoms with Crippen molar-refractivity contribution in [1.82, 2.24) is 0 Å². The van der Waals surface area contributed by atoms with Crippen LogP contribution in [-0.4, -0.2) is 25.4 Å². The Bertz CT molecular complexity index is 489. The maximum atomic E-state index is 13.6. The second-order valence-corrected chi connectivity index (χ2v) is 6.01. The third-order valence-electron chi connectivity index (χ3n) is 3.76. The van der Waals surface area contributed by atoms with Crippen LogP contribution < -0.4 is 10.2 Å².